The summed E-state index contributed by atoms with van der Waals surface area (Å²) in [5.41, 5.74) is -0.989. The van der Waals surface area contributed by atoms with Crippen molar-refractivity contribution in [3.05, 3.63) is 69.3 Å². The molecule has 2 aromatic carbocycles. The Hall–Kier alpha value is -2.62. The molecule has 0 unspecified atom stereocenters. The van der Waals surface area contributed by atoms with Gasteiger partial charge in [0.25, 0.3) is 11.1 Å². The highest BCUT2D eigenvalue weighted by Crippen LogP contribution is 2.46. The average molecular weight is 346 g/mol. The zero-order valence-electron chi connectivity index (χ0n) is 15.3. The van der Waals surface area contributed by atoms with Crippen molar-refractivity contribution in [3.63, 3.8) is 0 Å². The van der Waals surface area contributed by atoms with Crippen molar-refractivity contribution in [1.82, 2.24) is 9.36 Å². The van der Waals surface area contributed by atoms with E-state index in [-0.39, 0.29) is 17.0 Å². The van der Waals surface area contributed by atoms with Crippen molar-refractivity contribution in [3.8, 4) is 0 Å². The highest BCUT2D eigenvalue weighted by Gasteiger charge is 2.49. The van der Waals surface area contributed by atoms with Crippen molar-refractivity contribution >= 4 is 21.5 Å². The quantitative estimate of drug-likeness (QED) is 0.498. The van der Waals surface area contributed by atoms with E-state index in [4.69, 9.17) is 0 Å². The molecule has 3 aromatic rings. The fourth-order valence-corrected chi connectivity index (χ4v) is 4.86. The average Bonchev–Trinajstić information content (AvgIpc) is 2.64. The first kappa shape index (κ1) is 15.6. The summed E-state index contributed by atoms with van der Waals surface area (Å²) in [4.78, 5) is 27.1. The molecule has 6 rings (SSSR count). The summed E-state index contributed by atoms with van der Waals surface area (Å²) in [5, 5.41) is 3.02. The lowest BCUT2D eigenvalue weighted by Crippen LogP contribution is -2.63. The van der Waals surface area contributed by atoms with Crippen LogP contribution >= 0.6 is 0 Å². The summed E-state index contributed by atoms with van der Waals surface area (Å²) in [6.45, 7) is 6.31. The second kappa shape index (κ2) is 4.76. The second-order valence-corrected chi connectivity index (χ2v) is 8.32. The van der Waals surface area contributed by atoms with E-state index in [1.165, 1.54) is 0 Å². The summed E-state index contributed by atoms with van der Waals surface area (Å²) in [6.07, 6.45) is 6.05. The lowest BCUT2D eigenvalue weighted by Gasteiger charge is -2.52. The number of allylic oxidation sites excluding steroid dienone is 2. The van der Waals surface area contributed by atoms with Crippen LogP contribution in [0.15, 0.2) is 58.1 Å². The Kier molecular flexibility index (Phi) is 2.86. The fourth-order valence-electron chi connectivity index (χ4n) is 4.86. The summed E-state index contributed by atoms with van der Waals surface area (Å²) in [6, 6.07) is 11.6. The van der Waals surface area contributed by atoms with E-state index in [1.807, 2.05) is 36.4 Å². The molecule has 1 aromatic heterocycles. The van der Waals surface area contributed by atoms with E-state index in [0.29, 0.717) is 10.8 Å². The van der Waals surface area contributed by atoms with Crippen LogP contribution in [0.25, 0.3) is 21.5 Å². The number of hydrogen-bond donors (Lipinski definition) is 0. The first-order valence-electron chi connectivity index (χ1n) is 9.30. The van der Waals surface area contributed by atoms with Crippen molar-refractivity contribution in [2.45, 2.75) is 44.7 Å². The first-order chi connectivity index (χ1) is 12.4. The zero-order chi connectivity index (χ0) is 18.3. The molecule has 3 aliphatic rings. The molecule has 0 fully saturated rings. The molecule has 2 atom stereocenters. The predicted octanol–water partition coefficient (Wildman–Crippen LogP) is 3.75. The van der Waals surface area contributed by atoms with Gasteiger partial charge in [0, 0.05) is 0 Å². The minimum Gasteiger partial charge on any atom is -0.267 e. The van der Waals surface area contributed by atoms with Gasteiger partial charge < -0.3 is 0 Å². The van der Waals surface area contributed by atoms with Crippen LogP contribution in [0.2, 0.25) is 0 Å². The standard InChI is InChI=1S/C22H22N2O2/c1-14(2)22-10-8-21(3,9-11-22)23-19(25)17-12-15-6-4-5-7-16(15)13-18(17)20(26)24(22)23/h4-8,10,12-14H,9,11H2,1-3H3/t21-,22-/m1/s1. The Balaban J connectivity index is 2.03. The van der Waals surface area contributed by atoms with E-state index in [1.54, 1.807) is 9.36 Å². The normalized spacial score (nSPS) is 26.8. The van der Waals surface area contributed by atoms with Crippen LogP contribution in [0.4, 0.5) is 0 Å². The molecule has 0 amide bonds. The smallest absolute Gasteiger partial charge is 0.267 e. The summed E-state index contributed by atoms with van der Waals surface area (Å²) >= 11 is 0. The van der Waals surface area contributed by atoms with Crippen LogP contribution in [-0.2, 0) is 11.1 Å². The molecule has 2 aliphatic heterocycles. The fraction of sp³-hybridized carbons (Fsp3) is 0.364. The van der Waals surface area contributed by atoms with Crippen LogP contribution < -0.4 is 11.1 Å². The molecule has 26 heavy (non-hydrogen) atoms. The van der Waals surface area contributed by atoms with Gasteiger partial charge in [-0.25, -0.2) is 9.36 Å². The van der Waals surface area contributed by atoms with Gasteiger partial charge in [0.2, 0.25) is 0 Å². The molecular weight excluding hydrogens is 324 g/mol. The Morgan fingerprint density at radius 3 is 1.96 bits per heavy atom. The predicted molar refractivity (Wildman–Crippen MR) is 105 cm³/mol. The highest BCUT2D eigenvalue weighted by molar-refractivity contribution is 5.97. The summed E-state index contributed by atoms with van der Waals surface area (Å²) < 4.78 is 3.50. The van der Waals surface area contributed by atoms with Crippen LogP contribution in [0.1, 0.15) is 33.6 Å². The van der Waals surface area contributed by atoms with Gasteiger partial charge >= 0.3 is 0 Å². The Bertz CT molecular complexity index is 1230. The van der Waals surface area contributed by atoms with E-state index >= 15 is 0 Å². The third-order valence-corrected chi connectivity index (χ3v) is 6.57. The van der Waals surface area contributed by atoms with Gasteiger partial charge in [-0.15, -0.1) is 0 Å². The maximum absolute atomic E-state index is 13.6. The number of hydrogen-bond acceptors (Lipinski definition) is 2. The van der Waals surface area contributed by atoms with Gasteiger partial charge in [-0.2, -0.15) is 0 Å². The first-order valence-corrected chi connectivity index (χ1v) is 9.30. The molecule has 0 saturated carbocycles. The molecule has 0 N–H and O–H groups in total. The third kappa shape index (κ3) is 1.70. The minimum absolute atomic E-state index is 0.0608. The van der Waals surface area contributed by atoms with Crippen molar-refractivity contribution in [2.75, 3.05) is 0 Å². The van der Waals surface area contributed by atoms with Crippen molar-refractivity contribution in [1.29, 1.82) is 0 Å². The Morgan fingerprint density at radius 2 is 1.46 bits per heavy atom. The Morgan fingerprint density at radius 1 is 0.885 bits per heavy atom. The Labute approximate surface area is 151 Å². The third-order valence-electron chi connectivity index (χ3n) is 6.57. The van der Waals surface area contributed by atoms with E-state index < -0.39 is 11.1 Å². The van der Waals surface area contributed by atoms with E-state index in [0.717, 1.165) is 23.6 Å². The zero-order valence-corrected chi connectivity index (χ0v) is 15.3. The topological polar surface area (TPSA) is 44.0 Å². The molecule has 0 radical (unpaired) electrons. The number of aromatic nitrogens is 2. The molecule has 3 heterocycles. The molecule has 132 valence electrons. The lowest BCUT2D eigenvalue weighted by molar-refractivity contribution is 0.0593. The maximum atomic E-state index is 13.6. The van der Waals surface area contributed by atoms with Gasteiger partial charge in [-0.3, -0.25) is 9.59 Å². The molecule has 0 spiro atoms. The van der Waals surface area contributed by atoms with Crippen molar-refractivity contribution in [2.24, 2.45) is 5.92 Å². The van der Waals surface area contributed by atoms with Gasteiger partial charge in [0.15, 0.2) is 0 Å². The van der Waals surface area contributed by atoms with Gasteiger partial charge in [-0.05, 0) is 48.6 Å². The second-order valence-electron chi connectivity index (χ2n) is 8.32. The van der Waals surface area contributed by atoms with Crippen LogP contribution in [0.5, 0.6) is 0 Å². The molecule has 2 bridgehead atoms. The minimum atomic E-state index is -0.438. The monoisotopic (exact) mass is 346 g/mol. The largest absolute Gasteiger partial charge is 0.274 e. The number of nitrogens with zero attached hydrogens (tertiary/aromatic N) is 2. The van der Waals surface area contributed by atoms with Crippen LogP contribution in [0, 0.1) is 5.92 Å². The lowest BCUT2D eigenvalue weighted by atomic mass is 9.71. The summed E-state index contributed by atoms with van der Waals surface area (Å²) in [7, 11) is 0. The molecule has 4 heteroatoms. The van der Waals surface area contributed by atoms with Gasteiger partial charge in [0.1, 0.15) is 0 Å². The van der Waals surface area contributed by atoms with E-state index in [2.05, 4.69) is 32.9 Å². The van der Waals surface area contributed by atoms with Crippen molar-refractivity contribution < 1.29 is 0 Å². The maximum Gasteiger partial charge on any atom is 0.274 e. The molecule has 1 aliphatic carbocycles. The van der Waals surface area contributed by atoms with Crippen LogP contribution in [-0.4, -0.2) is 9.36 Å². The summed E-state index contributed by atoms with van der Waals surface area (Å²) in [5.74, 6) is 0.227. The van der Waals surface area contributed by atoms with E-state index in [9.17, 15) is 9.59 Å². The SMILES string of the molecule is CC(C)[C@@]12C=C[C@](C)(CC1)n1c(=O)c3cc4ccccc4cc3c(=O)n12. The number of benzene rings is 2. The highest BCUT2D eigenvalue weighted by atomic mass is 16.2. The van der Waals surface area contributed by atoms with Gasteiger partial charge in [0.05, 0.1) is 21.9 Å². The molecular formula is C22H22N2O2. The van der Waals surface area contributed by atoms with Crippen LogP contribution in [0.3, 0.4) is 0 Å². The molecule has 4 nitrogen and oxygen atoms in total. The van der Waals surface area contributed by atoms with Gasteiger partial charge in [-0.1, -0.05) is 50.3 Å². The number of rotatable bonds is 1. The number of fused-ring (bicyclic) bond motifs is 3. The molecule has 0 saturated heterocycles.